The summed E-state index contributed by atoms with van der Waals surface area (Å²) >= 11 is 0. The van der Waals surface area contributed by atoms with E-state index in [2.05, 4.69) is 82.0 Å². The quantitative estimate of drug-likeness (QED) is 0.575. The van der Waals surface area contributed by atoms with Crippen LogP contribution in [0.5, 0.6) is 0 Å². The van der Waals surface area contributed by atoms with Crippen molar-refractivity contribution in [2.75, 3.05) is 0 Å². The van der Waals surface area contributed by atoms with Crippen LogP contribution in [-0.4, -0.2) is 16.0 Å². The fourth-order valence-corrected chi connectivity index (χ4v) is 3.94. The van der Waals surface area contributed by atoms with Gasteiger partial charge in [0.2, 0.25) is 0 Å². The number of H-pyrrole nitrogens is 1. The number of aromatic amines is 1. The van der Waals surface area contributed by atoms with Gasteiger partial charge in [0.1, 0.15) is 0 Å². The lowest BCUT2D eigenvalue weighted by atomic mass is 10.0. The van der Waals surface area contributed by atoms with Crippen LogP contribution in [0.15, 0.2) is 73.1 Å². The van der Waals surface area contributed by atoms with Gasteiger partial charge in [0, 0.05) is 12.6 Å². The van der Waals surface area contributed by atoms with E-state index in [1.807, 2.05) is 0 Å². The van der Waals surface area contributed by atoms with E-state index in [9.17, 15) is 0 Å². The Bertz CT molecular complexity index is 1040. The van der Waals surface area contributed by atoms with Crippen molar-refractivity contribution < 1.29 is 0 Å². The molecule has 1 aliphatic carbocycles. The fourth-order valence-electron chi connectivity index (χ4n) is 3.94. The lowest BCUT2D eigenvalue weighted by Gasteiger charge is -2.13. The van der Waals surface area contributed by atoms with E-state index in [1.165, 1.54) is 27.8 Å². The highest BCUT2D eigenvalue weighted by atomic mass is 14.9. The Morgan fingerprint density at radius 3 is 2.54 bits per heavy atom. The average molecular weight is 339 g/mol. The Balaban J connectivity index is 1.31. The molecule has 0 fully saturated rings. The molecule has 1 aliphatic rings. The molecular formula is C23H21N3. The minimum Gasteiger partial charge on any atom is -0.345 e. The van der Waals surface area contributed by atoms with Crippen LogP contribution in [0.4, 0.5) is 0 Å². The minimum absolute atomic E-state index is 0.538. The number of hydrogen-bond acceptors (Lipinski definition) is 2. The van der Waals surface area contributed by atoms with Gasteiger partial charge >= 0.3 is 0 Å². The number of nitrogens with one attached hydrogen (secondary N) is 2. The summed E-state index contributed by atoms with van der Waals surface area (Å²) in [5.74, 6) is 0. The molecule has 128 valence electrons. The molecule has 0 bridgehead atoms. The Labute approximate surface area is 153 Å². The van der Waals surface area contributed by atoms with Crippen LogP contribution in [0.3, 0.4) is 0 Å². The first-order chi connectivity index (χ1) is 12.8. The zero-order valence-corrected chi connectivity index (χ0v) is 14.6. The second-order valence-corrected chi connectivity index (χ2v) is 7.09. The molecule has 0 spiro atoms. The van der Waals surface area contributed by atoms with E-state index in [0.29, 0.717) is 6.04 Å². The van der Waals surface area contributed by atoms with Crippen molar-refractivity contribution in [2.45, 2.75) is 25.4 Å². The maximum Gasteiger partial charge on any atom is 0.0931 e. The Morgan fingerprint density at radius 2 is 1.69 bits per heavy atom. The predicted molar refractivity (Wildman–Crippen MR) is 106 cm³/mol. The second-order valence-electron chi connectivity index (χ2n) is 7.09. The molecule has 0 saturated carbocycles. The van der Waals surface area contributed by atoms with Gasteiger partial charge in [-0.3, -0.25) is 0 Å². The van der Waals surface area contributed by atoms with E-state index < -0.39 is 0 Å². The van der Waals surface area contributed by atoms with Gasteiger partial charge in [0.25, 0.3) is 0 Å². The maximum absolute atomic E-state index is 4.37. The van der Waals surface area contributed by atoms with E-state index >= 15 is 0 Å². The molecular weight excluding hydrogens is 318 g/mol. The van der Waals surface area contributed by atoms with Gasteiger partial charge in [-0.05, 0) is 58.9 Å². The van der Waals surface area contributed by atoms with Gasteiger partial charge in [0.15, 0.2) is 0 Å². The standard InChI is InChI=1S/C23H21N3/c1-2-6-19-12-21(11-18(19)5-1)24-14-16-4-3-7-17(10-16)20-8-9-22-23(13-20)26-15-25-22/h1-10,13,15,21,24H,11-12,14H2,(H,25,26). The highest BCUT2D eigenvalue weighted by Gasteiger charge is 2.20. The average Bonchev–Trinajstić information content (AvgIpc) is 3.32. The monoisotopic (exact) mass is 339 g/mol. The van der Waals surface area contributed by atoms with E-state index in [0.717, 1.165) is 30.4 Å². The summed E-state index contributed by atoms with van der Waals surface area (Å²) in [4.78, 5) is 7.52. The third-order valence-electron chi connectivity index (χ3n) is 5.33. The molecule has 3 aromatic carbocycles. The third kappa shape index (κ3) is 2.91. The molecule has 0 unspecified atom stereocenters. The summed E-state index contributed by atoms with van der Waals surface area (Å²) in [6.45, 7) is 0.900. The first-order valence-electron chi connectivity index (χ1n) is 9.18. The van der Waals surface area contributed by atoms with Crippen LogP contribution >= 0.6 is 0 Å². The van der Waals surface area contributed by atoms with Crippen LogP contribution in [0, 0.1) is 0 Å². The molecule has 2 N–H and O–H groups in total. The van der Waals surface area contributed by atoms with Crippen LogP contribution < -0.4 is 5.32 Å². The van der Waals surface area contributed by atoms with Gasteiger partial charge < -0.3 is 10.3 Å². The van der Waals surface area contributed by atoms with Crippen molar-refractivity contribution in [1.82, 2.24) is 15.3 Å². The molecule has 4 aromatic rings. The number of rotatable bonds is 4. The van der Waals surface area contributed by atoms with E-state index in [-0.39, 0.29) is 0 Å². The molecule has 0 saturated heterocycles. The minimum atomic E-state index is 0.538. The smallest absolute Gasteiger partial charge is 0.0931 e. The summed E-state index contributed by atoms with van der Waals surface area (Å²) < 4.78 is 0. The first-order valence-corrected chi connectivity index (χ1v) is 9.18. The van der Waals surface area contributed by atoms with E-state index in [1.54, 1.807) is 6.33 Å². The van der Waals surface area contributed by atoms with Gasteiger partial charge in [-0.25, -0.2) is 4.98 Å². The number of imidazole rings is 1. The molecule has 26 heavy (non-hydrogen) atoms. The number of fused-ring (bicyclic) bond motifs is 2. The molecule has 0 radical (unpaired) electrons. The van der Waals surface area contributed by atoms with Crippen molar-refractivity contribution in [1.29, 1.82) is 0 Å². The Hall–Kier alpha value is -2.91. The molecule has 0 atom stereocenters. The topological polar surface area (TPSA) is 40.7 Å². The van der Waals surface area contributed by atoms with Crippen molar-refractivity contribution in [3.8, 4) is 11.1 Å². The number of hydrogen-bond donors (Lipinski definition) is 2. The normalized spacial score (nSPS) is 14.0. The van der Waals surface area contributed by atoms with Crippen LogP contribution in [0.2, 0.25) is 0 Å². The lowest BCUT2D eigenvalue weighted by Crippen LogP contribution is -2.28. The van der Waals surface area contributed by atoms with Crippen LogP contribution in [0.1, 0.15) is 16.7 Å². The summed E-state index contributed by atoms with van der Waals surface area (Å²) in [6.07, 6.45) is 4.01. The van der Waals surface area contributed by atoms with Gasteiger partial charge in [0.05, 0.1) is 17.4 Å². The lowest BCUT2D eigenvalue weighted by molar-refractivity contribution is 0.533. The zero-order valence-electron chi connectivity index (χ0n) is 14.6. The predicted octanol–water partition coefficient (Wildman–Crippen LogP) is 4.49. The number of nitrogens with zero attached hydrogens (tertiary/aromatic N) is 1. The highest BCUT2D eigenvalue weighted by molar-refractivity contribution is 5.81. The van der Waals surface area contributed by atoms with Gasteiger partial charge in [-0.15, -0.1) is 0 Å². The number of benzene rings is 3. The molecule has 0 amide bonds. The van der Waals surface area contributed by atoms with Crippen LogP contribution in [-0.2, 0) is 19.4 Å². The van der Waals surface area contributed by atoms with Crippen molar-refractivity contribution >= 4 is 11.0 Å². The van der Waals surface area contributed by atoms with E-state index in [4.69, 9.17) is 0 Å². The highest BCUT2D eigenvalue weighted by Crippen LogP contribution is 2.25. The molecule has 3 nitrogen and oxygen atoms in total. The zero-order chi connectivity index (χ0) is 17.3. The first kappa shape index (κ1) is 15.4. The number of aromatic nitrogens is 2. The molecule has 5 rings (SSSR count). The van der Waals surface area contributed by atoms with Crippen molar-refractivity contribution in [3.63, 3.8) is 0 Å². The summed E-state index contributed by atoms with van der Waals surface area (Å²) in [5, 5.41) is 3.73. The van der Waals surface area contributed by atoms with Crippen LogP contribution in [0.25, 0.3) is 22.2 Å². The molecule has 1 aromatic heterocycles. The fraction of sp³-hybridized carbons (Fsp3) is 0.174. The second kappa shape index (κ2) is 6.43. The molecule has 3 heteroatoms. The van der Waals surface area contributed by atoms with Crippen molar-refractivity contribution in [2.24, 2.45) is 0 Å². The SMILES string of the molecule is c1cc(CNC2Cc3ccccc3C2)cc(-c2ccc3[nH]cnc3c2)c1. The van der Waals surface area contributed by atoms with Gasteiger partial charge in [-0.1, -0.05) is 48.5 Å². The largest absolute Gasteiger partial charge is 0.345 e. The Kier molecular flexibility index (Phi) is 3.80. The molecule has 1 heterocycles. The Morgan fingerprint density at radius 1 is 0.885 bits per heavy atom. The molecule has 0 aliphatic heterocycles. The maximum atomic E-state index is 4.37. The summed E-state index contributed by atoms with van der Waals surface area (Å²) in [6, 6.07) is 24.5. The third-order valence-corrected chi connectivity index (χ3v) is 5.33. The summed E-state index contributed by atoms with van der Waals surface area (Å²) in [5.41, 5.74) is 8.84. The van der Waals surface area contributed by atoms with Crippen molar-refractivity contribution in [3.05, 3.63) is 89.7 Å². The van der Waals surface area contributed by atoms with Gasteiger partial charge in [-0.2, -0.15) is 0 Å². The summed E-state index contributed by atoms with van der Waals surface area (Å²) in [7, 11) is 0.